The van der Waals surface area contributed by atoms with Gasteiger partial charge in [0.25, 0.3) is 0 Å². The fourth-order valence-electron chi connectivity index (χ4n) is 8.00. The lowest BCUT2D eigenvalue weighted by Gasteiger charge is -2.28. The molecule has 2 aromatic carbocycles. The van der Waals surface area contributed by atoms with Crippen LogP contribution in [0.3, 0.4) is 0 Å². The largest absolute Gasteiger partial charge is 0.481 e. The summed E-state index contributed by atoms with van der Waals surface area (Å²) >= 11 is 0. The lowest BCUT2D eigenvalue weighted by Crippen LogP contribution is -2.60. The molecule has 14 N–H and O–H groups in total. The molecule has 3 rings (SSSR count). The van der Waals surface area contributed by atoms with E-state index in [1.165, 1.54) is 0 Å². The Morgan fingerprint density at radius 3 is 1.63 bits per heavy atom. The Kier molecular flexibility index (Phi) is 24.8. The highest BCUT2D eigenvalue weighted by molar-refractivity contribution is 5.98. The highest BCUT2D eigenvalue weighted by Crippen LogP contribution is 2.20. The normalized spacial score (nSPS) is 14.6. The first-order chi connectivity index (χ1) is 35.3. The molecule has 8 amide bonds. The van der Waals surface area contributed by atoms with E-state index < -0.39 is 145 Å². The minimum absolute atomic E-state index is 0.0857. The van der Waals surface area contributed by atoms with Crippen LogP contribution in [0, 0.1) is 23.7 Å². The van der Waals surface area contributed by atoms with E-state index in [1.54, 1.807) is 96.3 Å². The molecule has 23 nitrogen and oxygen atoms in total. The highest BCUT2D eigenvalue weighted by atomic mass is 16.4. The number of aromatic amines is 1. The lowest BCUT2D eigenvalue weighted by molar-refractivity contribution is -0.144. The van der Waals surface area contributed by atoms with Gasteiger partial charge in [0, 0.05) is 29.9 Å². The number of carbonyl (C=O) groups is 10. The standard InChI is InChI=1S/C52H76N10O13/c1-27(2)20-37(49(71)61-43(29(5)6)51(73)62-44(30(7)8)52(74)75)56-41(64)25-55-46(68)36(18-19-42(65)66)57-48(70)39(23-32-24-54-35-17-13-12-16-33(32)35)59-50(72)40(26-63)60-47(69)38(21-28(3)4)58-45(67)34(53)22-31-14-10-9-11-15-31/h9-17,24,27-30,34,36-40,43-44,54,63H,18-23,25-26,53H2,1-8H3,(H,55,68)(H,56,64)(H,57,70)(H,58,67)(H,59,72)(H,60,69)(H,61,71)(H,62,73)(H,65,66)(H,74,75). The summed E-state index contributed by atoms with van der Waals surface area (Å²) in [6, 6.07) is 5.44. The van der Waals surface area contributed by atoms with Crippen LogP contribution in [0.15, 0.2) is 60.8 Å². The third kappa shape index (κ3) is 20.4. The maximum absolute atomic E-state index is 14.3. The number of carbonyl (C=O) groups excluding carboxylic acids is 8. The van der Waals surface area contributed by atoms with Gasteiger partial charge in [-0.15, -0.1) is 0 Å². The van der Waals surface area contributed by atoms with Crippen molar-refractivity contribution in [2.45, 2.75) is 142 Å². The summed E-state index contributed by atoms with van der Waals surface area (Å²) in [5.41, 5.74) is 8.20. The number of para-hydroxylation sites is 1. The summed E-state index contributed by atoms with van der Waals surface area (Å²) < 4.78 is 0. The van der Waals surface area contributed by atoms with Gasteiger partial charge in [-0.2, -0.15) is 0 Å². The minimum Gasteiger partial charge on any atom is -0.481 e. The van der Waals surface area contributed by atoms with Gasteiger partial charge in [0.1, 0.15) is 42.3 Å². The summed E-state index contributed by atoms with van der Waals surface area (Å²) in [6.07, 6.45) is 0.675. The topological polar surface area (TPSA) is 369 Å². The fraction of sp³-hybridized carbons (Fsp3) is 0.538. The number of nitrogens with two attached hydrogens (primary N) is 1. The number of aliphatic hydroxyl groups is 1. The average Bonchev–Trinajstić information content (AvgIpc) is 3.75. The number of H-pyrrole nitrogens is 1. The molecular weight excluding hydrogens is 973 g/mol. The van der Waals surface area contributed by atoms with E-state index in [2.05, 4.69) is 47.5 Å². The highest BCUT2D eigenvalue weighted by Gasteiger charge is 2.35. The van der Waals surface area contributed by atoms with Crippen molar-refractivity contribution in [3.8, 4) is 0 Å². The van der Waals surface area contributed by atoms with Gasteiger partial charge in [-0.25, -0.2) is 4.79 Å². The van der Waals surface area contributed by atoms with Crippen molar-refractivity contribution in [3.63, 3.8) is 0 Å². The molecule has 0 fully saturated rings. The summed E-state index contributed by atoms with van der Waals surface area (Å²) in [7, 11) is 0. The SMILES string of the molecule is CC(C)CC(NC(=O)CNC(=O)C(CCC(=O)O)NC(=O)C(Cc1c[nH]c2ccccc12)NC(=O)C(CO)NC(=O)C(CC(C)C)NC(=O)C(N)Cc1ccccc1)C(=O)NC(C(=O)NC(C(=O)O)C(C)C)C(C)C. The van der Waals surface area contributed by atoms with E-state index in [0.717, 1.165) is 5.56 Å². The molecule has 8 atom stereocenters. The van der Waals surface area contributed by atoms with Gasteiger partial charge in [-0.05, 0) is 66.5 Å². The molecule has 0 saturated carbocycles. The van der Waals surface area contributed by atoms with E-state index in [1.807, 2.05) is 19.9 Å². The van der Waals surface area contributed by atoms with E-state index in [0.29, 0.717) is 16.5 Å². The van der Waals surface area contributed by atoms with E-state index >= 15 is 0 Å². The maximum atomic E-state index is 14.3. The molecule has 3 aromatic rings. The van der Waals surface area contributed by atoms with E-state index in [4.69, 9.17) is 5.73 Å². The third-order valence-electron chi connectivity index (χ3n) is 12.1. The van der Waals surface area contributed by atoms with Crippen LogP contribution in [0.1, 0.15) is 92.2 Å². The Bertz CT molecular complexity index is 2440. The van der Waals surface area contributed by atoms with Crippen LogP contribution in [-0.2, 0) is 60.8 Å². The Morgan fingerprint density at radius 2 is 1.05 bits per heavy atom. The number of carboxylic acids is 2. The first-order valence-corrected chi connectivity index (χ1v) is 25.1. The maximum Gasteiger partial charge on any atom is 0.326 e. The number of aliphatic hydroxyl groups excluding tert-OH is 1. The first-order valence-electron chi connectivity index (χ1n) is 25.1. The summed E-state index contributed by atoms with van der Waals surface area (Å²) in [5.74, 6) is -10.7. The van der Waals surface area contributed by atoms with Gasteiger partial charge >= 0.3 is 11.9 Å². The molecule has 1 heterocycles. The molecule has 8 unspecified atom stereocenters. The second kappa shape index (κ2) is 30.1. The van der Waals surface area contributed by atoms with Crippen LogP contribution >= 0.6 is 0 Å². The van der Waals surface area contributed by atoms with Crippen molar-refractivity contribution in [1.29, 1.82) is 0 Å². The zero-order valence-corrected chi connectivity index (χ0v) is 43.9. The van der Waals surface area contributed by atoms with Crippen molar-refractivity contribution in [1.82, 2.24) is 47.5 Å². The van der Waals surface area contributed by atoms with Gasteiger partial charge in [0.2, 0.25) is 47.3 Å². The lowest BCUT2D eigenvalue weighted by atomic mass is 9.98. The zero-order chi connectivity index (χ0) is 56.1. The zero-order valence-electron chi connectivity index (χ0n) is 43.9. The van der Waals surface area contributed by atoms with Gasteiger partial charge in [0.05, 0.1) is 19.2 Å². The van der Waals surface area contributed by atoms with E-state index in [-0.39, 0.29) is 37.5 Å². The molecule has 1 aromatic heterocycles. The number of benzene rings is 2. The third-order valence-corrected chi connectivity index (χ3v) is 12.1. The molecule has 0 aliphatic rings. The molecule has 23 heteroatoms. The number of amides is 8. The number of aliphatic carboxylic acids is 2. The molecule has 412 valence electrons. The Balaban J connectivity index is 1.82. The Morgan fingerprint density at radius 1 is 0.547 bits per heavy atom. The molecule has 0 spiro atoms. The number of nitrogens with one attached hydrogen (secondary N) is 9. The first kappa shape index (κ1) is 61.9. The molecule has 75 heavy (non-hydrogen) atoms. The van der Waals surface area contributed by atoms with Crippen molar-refractivity contribution < 1.29 is 63.3 Å². The number of hydrogen-bond acceptors (Lipinski definition) is 12. The summed E-state index contributed by atoms with van der Waals surface area (Å²) in [5, 5.41) is 50.4. The smallest absolute Gasteiger partial charge is 0.326 e. The quantitative estimate of drug-likeness (QED) is 0.0408. The van der Waals surface area contributed by atoms with Crippen LogP contribution in [0.5, 0.6) is 0 Å². The second-order valence-corrected chi connectivity index (χ2v) is 20.1. The molecule has 0 saturated heterocycles. The number of fused-ring (bicyclic) bond motifs is 1. The van der Waals surface area contributed by atoms with Crippen LogP contribution < -0.4 is 48.3 Å². The fourth-order valence-corrected chi connectivity index (χ4v) is 8.00. The van der Waals surface area contributed by atoms with Crippen molar-refractivity contribution >= 4 is 70.1 Å². The molecule has 0 aliphatic carbocycles. The van der Waals surface area contributed by atoms with Crippen LogP contribution in [-0.4, -0.2) is 141 Å². The molecular formula is C52H76N10O13. The summed E-state index contributed by atoms with van der Waals surface area (Å²) in [4.78, 5) is 136. The van der Waals surface area contributed by atoms with Gasteiger partial charge < -0.3 is 68.6 Å². The number of carboxylic acid groups (broad SMARTS) is 2. The van der Waals surface area contributed by atoms with Crippen LogP contribution in [0.2, 0.25) is 0 Å². The summed E-state index contributed by atoms with van der Waals surface area (Å²) in [6.45, 7) is 12.0. The number of rotatable bonds is 31. The van der Waals surface area contributed by atoms with Gasteiger partial charge in [-0.1, -0.05) is 104 Å². The molecule has 0 radical (unpaired) electrons. The van der Waals surface area contributed by atoms with Crippen LogP contribution in [0.4, 0.5) is 0 Å². The average molecular weight is 1050 g/mol. The van der Waals surface area contributed by atoms with Crippen molar-refractivity contribution in [3.05, 3.63) is 71.9 Å². The Labute approximate surface area is 436 Å². The molecule has 0 aliphatic heterocycles. The minimum atomic E-state index is -1.66. The predicted molar refractivity (Wildman–Crippen MR) is 277 cm³/mol. The Hall–Kier alpha value is -7.40. The van der Waals surface area contributed by atoms with Gasteiger partial charge in [-0.3, -0.25) is 43.2 Å². The molecule has 0 bridgehead atoms. The van der Waals surface area contributed by atoms with Crippen LogP contribution in [0.25, 0.3) is 10.9 Å². The van der Waals surface area contributed by atoms with Crippen molar-refractivity contribution in [2.75, 3.05) is 13.2 Å². The monoisotopic (exact) mass is 1050 g/mol. The number of hydrogen-bond donors (Lipinski definition) is 13. The second-order valence-electron chi connectivity index (χ2n) is 20.1. The predicted octanol–water partition coefficient (Wildman–Crippen LogP) is 0.136. The van der Waals surface area contributed by atoms with E-state index in [9.17, 15) is 63.3 Å². The number of aromatic nitrogens is 1. The van der Waals surface area contributed by atoms with Crippen molar-refractivity contribution in [2.24, 2.45) is 29.4 Å². The van der Waals surface area contributed by atoms with Gasteiger partial charge in [0.15, 0.2) is 0 Å².